The number of benzene rings is 1. The number of carbonyl (C=O) groups excluding carboxylic acids is 1. The number of amides is 1. The smallest absolute Gasteiger partial charge is 0.233 e. The molecule has 2 heterocycles. The van der Waals surface area contributed by atoms with E-state index in [2.05, 4.69) is 15.3 Å². The zero-order valence-corrected chi connectivity index (χ0v) is 16.0. The van der Waals surface area contributed by atoms with Crippen molar-refractivity contribution in [3.8, 4) is 0 Å². The summed E-state index contributed by atoms with van der Waals surface area (Å²) in [5.41, 5.74) is 1.13. The third-order valence-corrected chi connectivity index (χ3v) is 6.29. The lowest BCUT2D eigenvalue weighted by molar-refractivity contribution is -0.130. The second kappa shape index (κ2) is 8.34. The molecule has 1 saturated heterocycles. The number of rotatable bonds is 5. The quantitative estimate of drug-likeness (QED) is 0.742. The number of hydrogen-bond acceptors (Lipinski definition) is 5. The fraction of sp³-hybridized carbons (Fsp3) is 0.412. The Morgan fingerprint density at radius 3 is 2.71 bits per heavy atom. The number of hydrogen-bond donors (Lipinski definition) is 0. The van der Waals surface area contributed by atoms with Crippen molar-refractivity contribution in [2.75, 3.05) is 31.9 Å². The molecule has 3 rings (SSSR count). The van der Waals surface area contributed by atoms with Crippen molar-refractivity contribution in [1.82, 2.24) is 14.8 Å². The maximum absolute atomic E-state index is 12.4. The average Bonchev–Trinajstić information content (AvgIpc) is 2.99. The second-order valence-corrected chi connectivity index (χ2v) is 8.22. The highest BCUT2D eigenvalue weighted by molar-refractivity contribution is 8.00. The van der Waals surface area contributed by atoms with E-state index in [4.69, 9.17) is 11.6 Å². The highest BCUT2D eigenvalue weighted by Gasteiger charge is 2.21. The van der Waals surface area contributed by atoms with Crippen LogP contribution in [-0.4, -0.2) is 52.6 Å². The molecule has 0 bridgehead atoms. The van der Waals surface area contributed by atoms with Gasteiger partial charge in [0.2, 0.25) is 5.91 Å². The van der Waals surface area contributed by atoms with Crippen molar-refractivity contribution in [2.45, 2.75) is 18.4 Å². The maximum Gasteiger partial charge on any atom is 0.233 e. The van der Waals surface area contributed by atoms with Crippen LogP contribution in [-0.2, 0) is 11.3 Å². The molecule has 1 aliphatic heterocycles. The lowest BCUT2D eigenvalue weighted by Crippen LogP contribution is -2.48. The van der Waals surface area contributed by atoms with E-state index in [0.717, 1.165) is 48.3 Å². The summed E-state index contributed by atoms with van der Waals surface area (Å²) in [6.07, 6.45) is 0. The van der Waals surface area contributed by atoms with Gasteiger partial charge in [-0.3, -0.25) is 9.69 Å². The number of aromatic nitrogens is 1. The molecule has 1 aliphatic rings. The molecule has 0 aliphatic carbocycles. The van der Waals surface area contributed by atoms with Gasteiger partial charge in [-0.25, -0.2) is 4.98 Å². The molecule has 0 atom stereocenters. The molecule has 1 amide bonds. The van der Waals surface area contributed by atoms with Crippen LogP contribution in [0.15, 0.2) is 34.5 Å². The first-order valence-electron chi connectivity index (χ1n) is 7.90. The highest BCUT2D eigenvalue weighted by Crippen LogP contribution is 2.26. The fourth-order valence-electron chi connectivity index (χ4n) is 2.66. The zero-order chi connectivity index (χ0) is 16.9. The van der Waals surface area contributed by atoms with Gasteiger partial charge in [-0.05, 0) is 19.1 Å². The molecule has 24 heavy (non-hydrogen) atoms. The van der Waals surface area contributed by atoms with Crippen molar-refractivity contribution in [1.29, 1.82) is 0 Å². The molecule has 1 aromatic carbocycles. The molecule has 0 radical (unpaired) electrons. The molecule has 4 nitrogen and oxygen atoms in total. The summed E-state index contributed by atoms with van der Waals surface area (Å²) in [7, 11) is 0. The molecule has 1 aromatic heterocycles. The van der Waals surface area contributed by atoms with Gasteiger partial charge >= 0.3 is 0 Å². The number of carbonyl (C=O) groups is 1. The van der Waals surface area contributed by atoms with E-state index in [9.17, 15) is 4.79 Å². The summed E-state index contributed by atoms with van der Waals surface area (Å²) >= 11 is 9.33. The van der Waals surface area contributed by atoms with Gasteiger partial charge < -0.3 is 4.90 Å². The van der Waals surface area contributed by atoms with Crippen molar-refractivity contribution < 1.29 is 4.79 Å². The first-order valence-corrected chi connectivity index (χ1v) is 10.1. The number of piperazine rings is 1. The Labute approximate surface area is 155 Å². The topological polar surface area (TPSA) is 36.4 Å². The van der Waals surface area contributed by atoms with Gasteiger partial charge in [-0.2, -0.15) is 0 Å². The fourth-order valence-corrected chi connectivity index (χ4v) is 4.40. The predicted octanol–water partition coefficient (Wildman–Crippen LogP) is 3.54. The van der Waals surface area contributed by atoms with Crippen molar-refractivity contribution >= 4 is 40.6 Å². The van der Waals surface area contributed by atoms with Gasteiger partial charge in [-0.1, -0.05) is 23.7 Å². The largest absolute Gasteiger partial charge is 0.339 e. The van der Waals surface area contributed by atoms with Gasteiger partial charge in [-0.15, -0.1) is 23.1 Å². The normalized spacial score (nSPS) is 15.7. The van der Waals surface area contributed by atoms with E-state index in [-0.39, 0.29) is 5.91 Å². The lowest BCUT2D eigenvalue weighted by Gasteiger charge is -2.34. The van der Waals surface area contributed by atoms with Crippen LogP contribution >= 0.6 is 34.7 Å². The van der Waals surface area contributed by atoms with Gasteiger partial charge in [0.25, 0.3) is 0 Å². The average molecular weight is 382 g/mol. The summed E-state index contributed by atoms with van der Waals surface area (Å²) in [5.74, 6) is 0.624. The third-order valence-electron chi connectivity index (χ3n) is 3.96. The molecule has 0 spiro atoms. The number of nitrogens with zero attached hydrogens (tertiary/aromatic N) is 3. The Balaban J connectivity index is 1.44. The Kier molecular flexibility index (Phi) is 6.16. The van der Waals surface area contributed by atoms with Crippen LogP contribution < -0.4 is 0 Å². The number of halogens is 1. The van der Waals surface area contributed by atoms with E-state index >= 15 is 0 Å². The monoisotopic (exact) mass is 381 g/mol. The Morgan fingerprint density at radius 2 is 2.04 bits per heavy atom. The molecular weight excluding hydrogens is 362 g/mol. The molecule has 128 valence electrons. The summed E-state index contributed by atoms with van der Waals surface area (Å²) < 4.78 is 0. The predicted molar refractivity (Wildman–Crippen MR) is 101 cm³/mol. The van der Waals surface area contributed by atoms with Crippen LogP contribution in [0.3, 0.4) is 0 Å². The SMILES string of the molecule is Cc1nc(CN2CCN(C(=O)CSc3ccccc3Cl)CC2)cs1. The summed E-state index contributed by atoms with van der Waals surface area (Å²) in [5, 5.41) is 3.93. The Hall–Kier alpha value is -1.08. The van der Waals surface area contributed by atoms with Crippen LogP contribution in [0.4, 0.5) is 0 Å². The molecule has 0 N–H and O–H groups in total. The Bertz CT molecular complexity index is 699. The van der Waals surface area contributed by atoms with Gasteiger partial charge in [0.15, 0.2) is 0 Å². The minimum Gasteiger partial charge on any atom is -0.339 e. The number of aryl methyl sites for hydroxylation is 1. The Morgan fingerprint density at radius 1 is 1.29 bits per heavy atom. The van der Waals surface area contributed by atoms with Gasteiger partial charge in [0.1, 0.15) is 0 Å². The third kappa shape index (κ3) is 4.72. The van der Waals surface area contributed by atoms with Crippen molar-refractivity contribution in [3.63, 3.8) is 0 Å². The van der Waals surface area contributed by atoms with E-state index in [1.165, 1.54) is 11.8 Å². The second-order valence-electron chi connectivity index (χ2n) is 5.73. The molecule has 2 aromatic rings. The summed E-state index contributed by atoms with van der Waals surface area (Å²) in [4.78, 5) is 22.2. The van der Waals surface area contributed by atoms with Crippen LogP contribution in [0.25, 0.3) is 0 Å². The number of thioether (sulfide) groups is 1. The van der Waals surface area contributed by atoms with E-state index in [1.807, 2.05) is 36.1 Å². The van der Waals surface area contributed by atoms with Crippen molar-refractivity contribution in [3.05, 3.63) is 45.4 Å². The molecular formula is C17H20ClN3OS2. The van der Waals surface area contributed by atoms with E-state index in [0.29, 0.717) is 10.8 Å². The minimum atomic E-state index is 0.184. The van der Waals surface area contributed by atoms with E-state index < -0.39 is 0 Å². The standard InChI is InChI=1S/C17H20ClN3OS2/c1-13-19-14(11-23-13)10-20-6-8-21(9-7-20)17(22)12-24-16-5-3-2-4-15(16)18/h2-5,11H,6-10,12H2,1H3. The molecule has 0 unspecified atom stereocenters. The van der Waals surface area contributed by atoms with Crippen LogP contribution in [0.1, 0.15) is 10.7 Å². The van der Waals surface area contributed by atoms with Crippen molar-refractivity contribution in [2.24, 2.45) is 0 Å². The number of thiazole rings is 1. The minimum absolute atomic E-state index is 0.184. The van der Waals surface area contributed by atoms with Crippen LogP contribution in [0, 0.1) is 6.92 Å². The molecule has 0 saturated carbocycles. The van der Waals surface area contributed by atoms with Crippen LogP contribution in [0.2, 0.25) is 5.02 Å². The van der Waals surface area contributed by atoms with E-state index in [1.54, 1.807) is 11.3 Å². The lowest BCUT2D eigenvalue weighted by atomic mass is 10.3. The zero-order valence-electron chi connectivity index (χ0n) is 13.6. The maximum atomic E-state index is 12.4. The molecule has 7 heteroatoms. The first-order chi connectivity index (χ1) is 11.6. The molecule has 1 fully saturated rings. The summed E-state index contributed by atoms with van der Waals surface area (Å²) in [6, 6.07) is 7.65. The first kappa shape index (κ1) is 17.7. The van der Waals surface area contributed by atoms with Gasteiger partial charge in [0.05, 0.1) is 21.5 Å². The summed E-state index contributed by atoms with van der Waals surface area (Å²) in [6.45, 7) is 6.27. The highest BCUT2D eigenvalue weighted by atomic mass is 35.5. The van der Waals surface area contributed by atoms with Gasteiger partial charge in [0, 0.05) is 43.0 Å². The van der Waals surface area contributed by atoms with Crippen LogP contribution in [0.5, 0.6) is 0 Å².